The number of carbonyl (C=O) groups excluding carboxylic acids is 1. The molecule has 0 saturated carbocycles. The van der Waals surface area contributed by atoms with Crippen molar-refractivity contribution in [2.24, 2.45) is 0 Å². The number of halogens is 1. The van der Waals surface area contributed by atoms with Crippen molar-refractivity contribution >= 4 is 28.5 Å². The maximum absolute atomic E-state index is 13.8. The number of aromatic nitrogens is 1. The van der Waals surface area contributed by atoms with Crippen molar-refractivity contribution < 1.29 is 18.7 Å². The highest BCUT2D eigenvalue weighted by molar-refractivity contribution is 6.32. The average Bonchev–Trinajstić information content (AvgIpc) is 3.17. The molecule has 0 fully saturated rings. The summed E-state index contributed by atoms with van der Waals surface area (Å²) in [4.78, 5) is 33.4. The molecule has 1 aliphatic heterocycles. The Balaban J connectivity index is 1.67. The van der Waals surface area contributed by atoms with Crippen LogP contribution in [0.2, 0.25) is 5.02 Å². The van der Waals surface area contributed by atoms with Crippen LogP contribution in [0.5, 0.6) is 11.5 Å². The number of ether oxygens (including phenoxy) is 2. The van der Waals surface area contributed by atoms with E-state index < -0.39 is 6.04 Å². The molecule has 4 aromatic rings. The number of pyridine rings is 1. The highest BCUT2D eigenvalue weighted by atomic mass is 35.5. The minimum Gasteiger partial charge on any atom is -0.493 e. The van der Waals surface area contributed by atoms with Crippen LogP contribution in [0.4, 0.5) is 0 Å². The minimum atomic E-state index is -0.693. The maximum atomic E-state index is 13.8. The molecule has 0 bridgehead atoms. The lowest BCUT2D eigenvalue weighted by molar-refractivity contribution is 0.0714. The molecule has 1 atom stereocenters. The second-order valence-corrected chi connectivity index (χ2v) is 9.49. The molecule has 1 unspecified atom stereocenters. The Labute approximate surface area is 219 Å². The SMILES string of the molecule is CCCCOc1ccc(C2c3c(oc4cc(C)c(Cl)cc4c3=O)C(=O)N2Cc2cccnc2)cc1OC. The summed E-state index contributed by atoms with van der Waals surface area (Å²) in [6, 6.07) is 11.8. The first-order valence-electron chi connectivity index (χ1n) is 12.2. The fourth-order valence-corrected chi connectivity index (χ4v) is 4.80. The second-order valence-electron chi connectivity index (χ2n) is 9.08. The molecule has 2 aromatic carbocycles. The van der Waals surface area contributed by atoms with Crippen molar-refractivity contribution in [3.05, 3.63) is 98.1 Å². The van der Waals surface area contributed by atoms with Crippen LogP contribution in [-0.4, -0.2) is 29.5 Å². The van der Waals surface area contributed by atoms with Crippen LogP contribution in [-0.2, 0) is 6.54 Å². The van der Waals surface area contributed by atoms with E-state index in [2.05, 4.69) is 11.9 Å². The third-order valence-electron chi connectivity index (χ3n) is 6.58. The van der Waals surface area contributed by atoms with E-state index in [-0.39, 0.29) is 29.2 Å². The van der Waals surface area contributed by atoms with E-state index in [1.807, 2.05) is 37.3 Å². The summed E-state index contributed by atoms with van der Waals surface area (Å²) in [5.74, 6) is 0.809. The fourth-order valence-electron chi connectivity index (χ4n) is 4.64. The van der Waals surface area contributed by atoms with Crippen molar-refractivity contribution in [1.29, 1.82) is 0 Å². The summed E-state index contributed by atoms with van der Waals surface area (Å²) in [6.45, 7) is 4.73. The zero-order valence-corrected chi connectivity index (χ0v) is 21.7. The van der Waals surface area contributed by atoms with Gasteiger partial charge in [-0.25, -0.2) is 0 Å². The molecule has 0 radical (unpaired) electrons. The number of hydrogen-bond donors (Lipinski definition) is 0. The van der Waals surface area contributed by atoms with Crippen LogP contribution < -0.4 is 14.9 Å². The molecule has 0 aliphatic carbocycles. The van der Waals surface area contributed by atoms with Gasteiger partial charge in [-0.3, -0.25) is 14.6 Å². The van der Waals surface area contributed by atoms with Crippen molar-refractivity contribution in [2.45, 2.75) is 39.3 Å². The molecule has 190 valence electrons. The Bertz CT molecular complexity index is 1530. The standard InChI is InChI=1S/C29H27ClN2O5/c1-4-5-11-36-22-9-8-19(13-24(22)35-3)26-25-27(33)20-14-21(30)17(2)12-23(20)37-28(25)29(34)32(26)16-18-7-6-10-31-15-18/h6-10,12-15,26H,4-5,11,16H2,1-3H3. The molecule has 8 heteroatoms. The molecular weight excluding hydrogens is 492 g/mol. The van der Waals surface area contributed by atoms with E-state index in [4.69, 9.17) is 25.5 Å². The van der Waals surface area contributed by atoms with E-state index in [0.29, 0.717) is 39.7 Å². The fraction of sp³-hybridized carbons (Fsp3) is 0.276. The van der Waals surface area contributed by atoms with Gasteiger partial charge in [0.25, 0.3) is 5.91 Å². The van der Waals surface area contributed by atoms with E-state index in [1.54, 1.807) is 36.5 Å². The molecule has 1 aliphatic rings. The minimum absolute atomic E-state index is 0.0374. The normalized spacial score (nSPS) is 14.8. The van der Waals surface area contributed by atoms with Gasteiger partial charge < -0.3 is 18.8 Å². The monoisotopic (exact) mass is 518 g/mol. The number of rotatable bonds is 8. The number of unbranched alkanes of at least 4 members (excludes halogenated alkanes) is 1. The Morgan fingerprint density at radius 1 is 1.14 bits per heavy atom. The van der Waals surface area contributed by atoms with E-state index in [1.165, 1.54) is 0 Å². The van der Waals surface area contributed by atoms with Crippen molar-refractivity contribution in [3.8, 4) is 11.5 Å². The predicted molar refractivity (Wildman–Crippen MR) is 142 cm³/mol. The van der Waals surface area contributed by atoms with Crippen LogP contribution in [0.3, 0.4) is 0 Å². The lowest BCUT2D eigenvalue weighted by atomic mass is 9.97. The first-order valence-corrected chi connectivity index (χ1v) is 12.6. The highest BCUT2D eigenvalue weighted by Crippen LogP contribution is 2.42. The van der Waals surface area contributed by atoms with Crippen molar-refractivity contribution in [2.75, 3.05) is 13.7 Å². The number of methoxy groups -OCH3 is 1. The lowest BCUT2D eigenvalue weighted by Gasteiger charge is -2.26. The van der Waals surface area contributed by atoms with E-state index >= 15 is 0 Å². The summed E-state index contributed by atoms with van der Waals surface area (Å²) in [5.41, 5.74) is 2.63. The summed E-state index contributed by atoms with van der Waals surface area (Å²) in [7, 11) is 1.57. The Hall–Kier alpha value is -3.84. The van der Waals surface area contributed by atoms with Crippen LogP contribution in [0.1, 0.15) is 58.6 Å². The number of nitrogens with zero attached hydrogens (tertiary/aromatic N) is 2. The number of hydrogen-bond acceptors (Lipinski definition) is 6. The summed E-state index contributed by atoms with van der Waals surface area (Å²) in [5, 5.41) is 0.796. The topological polar surface area (TPSA) is 81.9 Å². The first kappa shape index (κ1) is 24.8. The van der Waals surface area contributed by atoms with E-state index in [9.17, 15) is 9.59 Å². The molecular formula is C29H27ClN2O5. The van der Waals surface area contributed by atoms with Gasteiger partial charge in [0, 0.05) is 24.0 Å². The van der Waals surface area contributed by atoms with Gasteiger partial charge >= 0.3 is 0 Å². The van der Waals surface area contributed by atoms with Crippen molar-refractivity contribution in [1.82, 2.24) is 9.88 Å². The molecule has 7 nitrogen and oxygen atoms in total. The second kappa shape index (κ2) is 10.3. The first-order chi connectivity index (χ1) is 17.9. The third-order valence-corrected chi connectivity index (χ3v) is 6.99. The molecule has 1 amide bonds. The molecule has 0 N–H and O–H groups in total. The van der Waals surface area contributed by atoms with Crippen LogP contribution in [0.25, 0.3) is 11.0 Å². The summed E-state index contributed by atoms with van der Waals surface area (Å²) >= 11 is 6.34. The number of fused-ring (bicyclic) bond motifs is 2. The molecule has 37 heavy (non-hydrogen) atoms. The van der Waals surface area contributed by atoms with Gasteiger partial charge in [-0.15, -0.1) is 0 Å². The number of aryl methyl sites for hydroxylation is 1. The molecule has 2 aromatic heterocycles. The molecule has 5 rings (SSSR count). The van der Waals surface area contributed by atoms with Gasteiger partial charge in [0.05, 0.1) is 30.7 Å². The molecule has 3 heterocycles. The zero-order chi connectivity index (χ0) is 26.1. The summed E-state index contributed by atoms with van der Waals surface area (Å²) in [6.07, 6.45) is 5.31. The van der Waals surface area contributed by atoms with Gasteiger partial charge in [-0.2, -0.15) is 0 Å². The van der Waals surface area contributed by atoms with Gasteiger partial charge in [-0.05, 0) is 60.4 Å². The third kappa shape index (κ3) is 4.55. The number of benzene rings is 2. The van der Waals surface area contributed by atoms with Gasteiger partial charge in [0.15, 0.2) is 16.9 Å². The quantitative estimate of drug-likeness (QED) is 0.263. The smallest absolute Gasteiger partial charge is 0.291 e. The van der Waals surface area contributed by atoms with Gasteiger partial charge in [-0.1, -0.05) is 37.1 Å². The van der Waals surface area contributed by atoms with Crippen molar-refractivity contribution in [3.63, 3.8) is 0 Å². The van der Waals surface area contributed by atoms with Gasteiger partial charge in [0.1, 0.15) is 5.58 Å². The van der Waals surface area contributed by atoms with E-state index in [0.717, 1.165) is 24.0 Å². The Morgan fingerprint density at radius 2 is 1.97 bits per heavy atom. The molecule has 0 spiro atoms. The molecule has 0 saturated heterocycles. The Kier molecular flexibility index (Phi) is 6.89. The maximum Gasteiger partial charge on any atom is 0.291 e. The van der Waals surface area contributed by atoms with Crippen LogP contribution in [0, 0.1) is 6.92 Å². The van der Waals surface area contributed by atoms with Crippen LogP contribution >= 0.6 is 11.6 Å². The largest absolute Gasteiger partial charge is 0.493 e. The zero-order valence-electron chi connectivity index (χ0n) is 20.9. The average molecular weight is 519 g/mol. The lowest BCUT2D eigenvalue weighted by Crippen LogP contribution is -2.29. The predicted octanol–water partition coefficient (Wildman–Crippen LogP) is 6.08. The van der Waals surface area contributed by atoms with Gasteiger partial charge in [0.2, 0.25) is 5.76 Å². The highest BCUT2D eigenvalue weighted by Gasteiger charge is 2.43. The Morgan fingerprint density at radius 3 is 2.70 bits per heavy atom. The number of amides is 1. The number of carbonyl (C=O) groups is 1. The summed E-state index contributed by atoms with van der Waals surface area (Å²) < 4.78 is 17.6. The van der Waals surface area contributed by atoms with Crippen LogP contribution in [0.15, 0.2) is 64.1 Å².